The van der Waals surface area contributed by atoms with Crippen LogP contribution in [0.3, 0.4) is 0 Å². The van der Waals surface area contributed by atoms with Gasteiger partial charge < -0.3 is 10.6 Å². The fourth-order valence-corrected chi connectivity index (χ4v) is 2.60. The summed E-state index contributed by atoms with van der Waals surface area (Å²) in [5, 5.41) is 0.210. The van der Waals surface area contributed by atoms with Gasteiger partial charge in [0.1, 0.15) is 0 Å². The number of nitrogens with two attached hydrogens (primary N) is 1. The molecular weight excluding hydrogens is 172 g/mol. The molecule has 4 heteroatoms. The number of carbonyl (C=O) groups excluding carboxylic acids is 1. The maximum atomic E-state index is 11.6. The lowest BCUT2D eigenvalue weighted by Gasteiger charge is -2.19. The van der Waals surface area contributed by atoms with Gasteiger partial charge in [-0.2, -0.15) is 0 Å². The van der Waals surface area contributed by atoms with Crippen LogP contribution in [-0.4, -0.2) is 41.9 Å². The van der Waals surface area contributed by atoms with E-state index in [1.54, 1.807) is 16.7 Å². The Morgan fingerprint density at radius 2 is 2.50 bits per heavy atom. The molecule has 0 aliphatic carbocycles. The van der Waals surface area contributed by atoms with Gasteiger partial charge in [0.05, 0.1) is 5.25 Å². The van der Waals surface area contributed by atoms with E-state index in [4.69, 9.17) is 5.73 Å². The monoisotopic (exact) mass is 188 g/mol. The van der Waals surface area contributed by atoms with Gasteiger partial charge in [0, 0.05) is 20.1 Å². The second kappa shape index (κ2) is 4.72. The number of thioether (sulfide) groups is 1. The van der Waals surface area contributed by atoms with Crippen LogP contribution in [0.25, 0.3) is 0 Å². The Kier molecular flexibility index (Phi) is 3.88. The molecule has 1 unspecified atom stereocenters. The number of rotatable bonds is 3. The molecule has 1 saturated heterocycles. The molecule has 1 rings (SSSR count). The zero-order chi connectivity index (χ0) is 8.97. The van der Waals surface area contributed by atoms with Crippen molar-refractivity contribution in [3.63, 3.8) is 0 Å². The van der Waals surface area contributed by atoms with Crippen molar-refractivity contribution in [2.75, 3.05) is 25.9 Å². The second-order valence-electron chi connectivity index (χ2n) is 3.05. The first kappa shape index (κ1) is 9.86. The van der Waals surface area contributed by atoms with Gasteiger partial charge in [0.15, 0.2) is 0 Å². The Morgan fingerprint density at radius 3 is 3.00 bits per heavy atom. The van der Waals surface area contributed by atoms with Crippen molar-refractivity contribution in [1.29, 1.82) is 0 Å². The van der Waals surface area contributed by atoms with Gasteiger partial charge in [0.2, 0.25) is 5.91 Å². The van der Waals surface area contributed by atoms with Crippen LogP contribution in [0.4, 0.5) is 0 Å². The normalized spacial score (nSPS) is 22.7. The van der Waals surface area contributed by atoms with Gasteiger partial charge in [-0.1, -0.05) is 0 Å². The molecule has 0 aromatic rings. The minimum Gasteiger partial charge on any atom is -0.344 e. The molecule has 1 fully saturated rings. The first-order valence-corrected chi connectivity index (χ1v) is 5.37. The molecule has 1 heterocycles. The van der Waals surface area contributed by atoms with Crippen LogP contribution in [-0.2, 0) is 4.79 Å². The summed E-state index contributed by atoms with van der Waals surface area (Å²) in [6, 6.07) is 0. The molecule has 1 amide bonds. The van der Waals surface area contributed by atoms with Crippen molar-refractivity contribution < 1.29 is 4.79 Å². The number of hydrogen-bond donors (Lipinski definition) is 1. The molecule has 1 aliphatic heterocycles. The van der Waals surface area contributed by atoms with Gasteiger partial charge in [-0.3, -0.25) is 4.79 Å². The third-order valence-corrected chi connectivity index (χ3v) is 3.41. The van der Waals surface area contributed by atoms with Crippen LogP contribution >= 0.6 is 11.8 Å². The minimum atomic E-state index is 0.210. The number of hydrogen-bond acceptors (Lipinski definition) is 3. The number of likely N-dealkylation sites (N-methyl/N-ethyl adjacent to an activating group) is 1. The number of carbonyl (C=O) groups is 1. The molecule has 0 aromatic carbocycles. The van der Waals surface area contributed by atoms with Crippen molar-refractivity contribution in [1.82, 2.24) is 4.90 Å². The van der Waals surface area contributed by atoms with Crippen molar-refractivity contribution >= 4 is 17.7 Å². The zero-order valence-corrected chi connectivity index (χ0v) is 8.27. The first-order chi connectivity index (χ1) is 5.75. The zero-order valence-electron chi connectivity index (χ0n) is 7.45. The van der Waals surface area contributed by atoms with Gasteiger partial charge in [-0.05, 0) is 18.6 Å². The van der Waals surface area contributed by atoms with E-state index in [2.05, 4.69) is 0 Å². The highest BCUT2D eigenvalue weighted by molar-refractivity contribution is 8.00. The highest BCUT2D eigenvalue weighted by atomic mass is 32.2. The van der Waals surface area contributed by atoms with Crippen LogP contribution in [0, 0.1) is 0 Å². The summed E-state index contributed by atoms with van der Waals surface area (Å²) in [5.41, 5.74) is 5.37. The van der Waals surface area contributed by atoms with Crippen LogP contribution in [0.2, 0.25) is 0 Å². The summed E-state index contributed by atoms with van der Waals surface area (Å²) in [5.74, 6) is 1.38. The molecule has 2 N–H and O–H groups in total. The Balaban J connectivity index is 2.34. The number of nitrogens with zero attached hydrogens (tertiary/aromatic N) is 1. The van der Waals surface area contributed by atoms with E-state index in [1.807, 2.05) is 7.05 Å². The highest BCUT2D eigenvalue weighted by Crippen LogP contribution is 2.27. The van der Waals surface area contributed by atoms with E-state index >= 15 is 0 Å². The average Bonchev–Trinajstić information content (AvgIpc) is 2.55. The quantitative estimate of drug-likeness (QED) is 0.693. The third-order valence-electron chi connectivity index (χ3n) is 2.05. The molecule has 0 radical (unpaired) electrons. The fourth-order valence-electron chi connectivity index (χ4n) is 1.32. The maximum absolute atomic E-state index is 11.6. The Morgan fingerprint density at radius 1 is 1.75 bits per heavy atom. The summed E-state index contributed by atoms with van der Waals surface area (Å²) in [7, 11) is 1.83. The van der Waals surface area contributed by atoms with E-state index in [0.29, 0.717) is 13.1 Å². The van der Waals surface area contributed by atoms with Gasteiger partial charge in [-0.15, -0.1) is 11.8 Å². The van der Waals surface area contributed by atoms with Crippen molar-refractivity contribution in [2.24, 2.45) is 5.73 Å². The molecule has 70 valence electrons. The van der Waals surface area contributed by atoms with E-state index in [1.165, 1.54) is 6.42 Å². The first-order valence-electron chi connectivity index (χ1n) is 4.32. The lowest BCUT2D eigenvalue weighted by Crippen LogP contribution is -2.36. The molecule has 12 heavy (non-hydrogen) atoms. The largest absolute Gasteiger partial charge is 0.344 e. The van der Waals surface area contributed by atoms with Gasteiger partial charge in [0.25, 0.3) is 0 Å². The SMILES string of the molecule is CN(CCN)C(=O)C1CCCS1. The lowest BCUT2D eigenvalue weighted by atomic mass is 10.2. The molecule has 0 bridgehead atoms. The predicted octanol–water partition coefficient (Wildman–Crippen LogP) is 0.299. The molecular formula is C8H16N2OS. The van der Waals surface area contributed by atoms with Gasteiger partial charge >= 0.3 is 0 Å². The van der Waals surface area contributed by atoms with E-state index in [0.717, 1.165) is 12.2 Å². The predicted molar refractivity (Wildman–Crippen MR) is 52.2 cm³/mol. The topological polar surface area (TPSA) is 46.3 Å². The molecule has 0 saturated carbocycles. The standard InChI is InChI=1S/C8H16N2OS/c1-10(5-4-9)8(11)7-3-2-6-12-7/h7H,2-6,9H2,1H3. The average molecular weight is 188 g/mol. The second-order valence-corrected chi connectivity index (χ2v) is 4.36. The summed E-state index contributed by atoms with van der Waals surface area (Å²) in [6.07, 6.45) is 2.22. The smallest absolute Gasteiger partial charge is 0.235 e. The molecule has 1 aliphatic rings. The molecule has 1 atom stereocenters. The lowest BCUT2D eigenvalue weighted by molar-refractivity contribution is -0.129. The van der Waals surface area contributed by atoms with Crippen molar-refractivity contribution in [3.05, 3.63) is 0 Å². The Hall–Kier alpha value is -0.220. The Bertz CT molecular complexity index is 157. The van der Waals surface area contributed by atoms with Crippen LogP contribution in [0.15, 0.2) is 0 Å². The van der Waals surface area contributed by atoms with Gasteiger partial charge in [-0.25, -0.2) is 0 Å². The number of amides is 1. The minimum absolute atomic E-state index is 0.210. The van der Waals surface area contributed by atoms with Crippen LogP contribution < -0.4 is 5.73 Å². The molecule has 3 nitrogen and oxygen atoms in total. The summed E-state index contributed by atoms with van der Waals surface area (Å²) < 4.78 is 0. The van der Waals surface area contributed by atoms with Crippen molar-refractivity contribution in [3.8, 4) is 0 Å². The summed E-state index contributed by atoms with van der Waals surface area (Å²) in [4.78, 5) is 13.3. The molecule has 0 spiro atoms. The van der Waals surface area contributed by atoms with E-state index in [9.17, 15) is 4.79 Å². The summed E-state index contributed by atoms with van der Waals surface area (Å²) in [6.45, 7) is 1.23. The highest BCUT2D eigenvalue weighted by Gasteiger charge is 2.25. The van der Waals surface area contributed by atoms with E-state index in [-0.39, 0.29) is 11.2 Å². The van der Waals surface area contributed by atoms with Crippen LogP contribution in [0.1, 0.15) is 12.8 Å². The summed E-state index contributed by atoms with van der Waals surface area (Å²) >= 11 is 1.77. The van der Waals surface area contributed by atoms with Crippen molar-refractivity contribution in [2.45, 2.75) is 18.1 Å². The van der Waals surface area contributed by atoms with Crippen LogP contribution in [0.5, 0.6) is 0 Å². The molecule has 0 aromatic heterocycles. The maximum Gasteiger partial charge on any atom is 0.235 e. The fraction of sp³-hybridized carbons (Fsp3) is 0.875. The third kappa shape index (κ3) is 2.38. The Labute approximate surface area is 77.7 Å². The van der Waals surface area contributed by atoms with E-state index < -0.39 is 0 Å².